The number of nitro benzene ring substituents is 1. The maximum absolute atomic E-state index is 11.8. The number of phenolic OH excluding ortho intramolecular Hbond substituents is 1. The third kappa shape index (κ3) is 5.10. The zero-order valence-electron chi connectivity index (χ0n) is 13.8. The molecule has 0 aliphatic heterocycles. The Kier molecular flexibility index (Phi) is 5.55. The topological polar surface area (TPSA) is 128 Å². The highest BCUT2D eigenvalue weighted by Crippen LogP contribution is 2.33. The second kappa shape index (κ2) is 6.82. The van der Waals surface area contributed by atoms with Crippen molar-refractivity contribution < 1.29 is 19.6 Å². The van der Waals surface area contributed by atoms with Crippen molar-refractivity contribution in [3.05, 3.63) is 33.9 Å². The molecule has 4 N–H and O–H groups in total. The molecule has 23 heavy (non-hydrogen) atoms. The molecule has 1 amide bonds. The Morgan fingerprint density at radius 3 is 2.48 bits per heavy atom. The number of aromatic hydroxyl groups is 1. The third-order valence-electron chi connectivity index (χ3n) is 3.30. The fourth-order valence-electron chi connectivity index (χ4n) is 2.03. The monoisotopic (exact) mass is 325 g/mol. The molecular formula is C15H23N3O5. The molecule has 1 aromatic rings. The summed E-state index contributed by atoms with van der Waals surface area (Å²) in [5.74, 6) is -0.109. The second-order valence-electron chi connectivity index (χ2n) is 6.58. The van der Waals surface area contributed by atoms with E-state index < -0.39 is 22.0 Å². The number of hydrogen-bond donors (Lipinski definition) is 3. The fourth-order valence-corrected chi connectivity index (χ4v) is 2.03. The van der Waals surface area contributed by atoms with Crippen LogP contribution in [0.2, 0.25) is 0 Å². The van der Waals surface area contributed by atoms with Gasteiger partial charge >= 0.3 is 6.09 Å². The van der Waals surface area contributed by atoms with Crippen LogP contribution in [0.1, 0.15) is 33.3 Å². The summed E-state index contributed by atoms with van der Waals surface area (Å²) in [4.78, 5) is 22.4. The molecular weight excluding hydrogens is 302 g/mol. The minimum atomic E-state index is -0.932. The second-order valence-corrected chi connectivity index (χ2v) is 6.58. The van der Waals surface area contributed by atoms with Gasteiger partial charge in [-0.1, -0.05) is 6.92 Å². The number of ether oxygens (including phenoxy) is 1. The molecule has 1 rings (SSSR count). The number of carbonyl (C=O) groups is 1. The van der Waals surface area contributed by atoms with Crippen LogP contribution in [0, 0.1) is 10.1 Å². The van der Waals surface area contributed by atoms with Crippen LogP contribution in [0.5, 0.6) is 5.75 Å². The van der Waals surface area contributed by atoms with Crippen LogP contribution in [0.15, 0.2) is 18.2 Å². The molecule has 0 saturated carbocycles. The minimum absolute atomic E-state index is 0.0305. The number of nitrogens with one attached hydrogen (secondary N) is 1. The van der Waals surface area contributed by atoms with Crippen LogP contribution in [-0.4, -0.2) is 34.8 Å². The Balaban J connectivity index is 3.04. The Bertz CT molecular complexity index is 597. The average Bonchev–Trinajstić information content (AvgIpc) is 2.42. The molecule has 0 spiro atoms. The molecule has 1 unspecified atom stereocenters. The molecule has 8 heteroatoms. The van der Waals surface area contributed by atoms with Crippen molar-refractivity contribution in [3.8, 4) is 5.75 Å². The minimum Gasteiger partial charge on any atom is -0.508 e. The molecule has 1 aromatic carbocycles. The van der Waals surface area contributed by atoms with Crippen molar-refractivity contribution in [2.24, 2.45) is 5.73 Å². The molecule has 1 atom stereocenters. The lowest BCUT2D eigenvalue weighted by Crippen LogP contribution is -2.45. The standard InChI is InChI=1S/C15H23N3O5/c1-14(2,3)23-13(20)17-9-15(4,8-16)11-7-10(19)5-6-12(11)18(21)22/h5-7,19H,8-9,16H2,1-4H3,(H,17,20). The van der Waals surface area contributed by atoms with E-state index in [4.69, 9.17) is 10.5 Å². The van der Waals surface area contributed by atoms with E-state index in [0.29, 0.717) is 0 Å². The summed E-state index contributed by atoms with van der Waals surface area (Å²) in [5, 5.41) is 23.4. The van der Waals surface area contributed by atoms with Gasteiger partial charge in [-0.15, -0.1) is 0 Å². The number of nitro groups is 1. The third-order valence-corrected chi connectivity index (χ3v) is 3.30. The zero-order chi connectivity index (χ0) is 17.8. The van der Waals surface area contributed by atoms with E-state index in [1.54, 1.807) is 27.7 Å². The molecule has 0 saturated heterocycles. The van der Waals surface area contributed by atoms with Gasteiger partial charge in [0.2, 0.25) is 0 Å². The SMILES string of the molecule is CC(C)(C)OC(=O)NCC(C)(CN)c1cc(O)ccc1[N+](=O)[O-]. The Morgan fingerprint density at radius 1 is 1.39 bits per heavy atom. The van der Waals surface area contributed by atoms with Crippen molar-refractivity contribution in [2.45, 2.75) is 38.7 Å². The Hall–Kier alpha value is -2.35. The summed E-state index contributed by atoms with van der Waals surface area (Å²) in [7, 11) is 0. The van der Waals surface area contributed by atoms with Gasteiger partial charge in [-0.2, -0.15) is 0 Å². The van der Waals surface area contributed by atoms with Gasteiger partial charge in [-0.05, 0) is 32.9 Å². The number of hydrogen-bond acceptors (Lipinski definition) is 6. The molecule has 8 nitrogen and oxygen atoms in total. The van der Waals surface area contributed by atoms with Gasteiger partial charge in [0.1, 0.15) is 11.4 Å². The molecule has 0 aliphatic carbocycles. The summed E-state index contributed by atoms with van der Waals surface area (Å²) < 4.78 is 5.14. The van der Waals surface area contributed by atoms with Gasteiger partial charge in [0.15, 0.2) is 0 Å². The van der Waals surface area contributed by atoms with Gasteiger partial charge < -0.3 is 20.9 Å². The van der Waals surface area contributed by atoms with Crippen LogP contribution in [-0.2, 0) is 10.2 Å². The van der Waals surface area contributed by atoms with E-state index in [-0.39, 0.29) is 30.1 Å². The first kappa shape index (κ1) is 18.7. The highest BCUT2D eigenvalue weighted by molar-refractivity contribution is 5.68. The molecule has 0 aliphatic rings. The van der Waals surface area contributed by atoms with Crippen molar-refractivity contribution in [3.63, 3.8) is 0 Å². The van der Waals surface area contributed by atoms with E-state index in [1.807, 2.05) is 0 Å². The Labute approximate surface area is 134 Å². The first-order chi connectivity index (χ1) is 10.5. The van der Waals surface area contributed by atoms with Crippen molar-refractivity contribution in [1.82, 2.24) is 5.32 Å². The van der Waals surface area contributed by atoms with Gasteiger partial charge in [0, 0.05) is 30.1 Å². The number of nitrogens with two attached hydrogens (primary N) is 1. The smallest absolute Gasteiger partial charge is 0.407 e. The average molecular weight is 325 g/mol. The first-order valence-corrected chi connectivity index (χ1v) is 7.13. The molecule has 0 aromatic heterocycles. The molecule has 0 heterocycles. The van der Waals surface area contributed by atoms with E-state index in [1.165, 1.54) is 18.2 Å². The Morgan fingerprint density at radius 2 is 2.00 bits per heavy atom. The van der Waals surface area contributed by atoms with Crippen molar-refractivity contribution in [2.75, 3.05) is 13.1 Å². The normalized spacial score (nSPS) is 14.0. The number of carbonyl (C=O) groups excluding carboxylic acids is 1. The van der Waals surface area contributed by atoms with Crippen LogP contribution in [0.25, 0.3) is 0 Å². The van der Waals surface area contributed by atoms with Gasteiger partial charge in [-0.25, -0.2) is 4.79 Å². The summed E-state index contributed by atoms with van der Waals surface area (Å²) in [6, 6.07) is 3.74. The lowest BCUT2D eigenvalue weighted by atomic mass is 9.81. The van der Waals surface area contributed by atoms with E-state index in [0.717, 1.165) is 0 Å². The fraction of sp³-hybridized carbons (Fsp3) is 0.533. The summed E-state index contributed by atoms with van der Waals surface area (Å²) in [6.07, 6.45) is -0.639. The lowest BCUT2D eigenvalue weighted by molar-refractivity contribution is -0.386. The summed E-state index contributed by atoms with van der Waals surface area (Å²) >= 11 is 0. The predicted molar refractivity (Wildman–Crippen MR) is 85.4 cm³/mol. The molecule has 128 valence electrons. The van der Waals surface area contributed by atoms with Gasteiger partial charge in [-0.3, -0.25) is 10.1 Å². The van der Waals surface area contributed by atoms with Crippen LogP contribution < -0.4 is 11.1 Å². The maximum Gasteiger partial charge on any atom is 0.407 e. The zero-order valence-corrected chi connectivity index (χ0v) is 13.8. The number of amides is 1. The number of benzene rings is 1. The highest BCUT2D eigenvalue weighted by Gasteiger charge is 2.33. The number of alkyl carbamates (subject to hydrolysis) is 1. The van der Waals surface area contributed by atoms with E-state index >= 15 is 0 Å². The van der Waals surface area contributed by atoms with Crippen LogP contribution >= 0.6 is 0 Å². The molecule has 0 fully saturated rings. The number of phenols is 1. The van der Waals surface area contributed by atoms with Gasteiger partial charge in [0.05, 0.1) is 4.92 Å². The summed E-state index contributed by atoms with van der Waals surface area (Å²) in [6.45, 7) is 6.93. The molecule has 0 radical (unpaired) electrons. The van der Waals surface area contributed by atoms with Gasteiger partial charge in [0.25, 0.3) is 5.69 Å². The number of rotatable bonds is 5. The van der Waals surface area contributed by atoms with Crippen LogP contribution in [0.3, 0.4) is 0 Å². The predicted octanol–water partition coefficient (Wildman–Crippen LogP) is 2.04. The van der Waals surface area contributed by atoms with Crippen LogP contribution in [0.4, 0.5) is 10.5 Å². The van der Waals surface area contributed by atoms with E-state index in [2.05, 4.69) is 5.32 Å². The van der Waals surface area contributed by atoms with Crippen molar-refractivity contribution in [1.29, 1.82) is 0 Å². The lowest BCUT2D eigenvalue weighted by Gasteiger charge is -2.29. The van der Waals surface area contributed by atoms with Crippen molar-refractivity contribution >= 4 is 11.8 Å². The highest BCUT2D eigenvalue weighted by atomic mass is 16.6. The largest absolute Gasteiger partial charge is 0.508 e. The quantitative estimate of drug-likeness (QED) is 0.561. The summed E-state index contributed by atoms with van der Waals surface area (Å²) in [5.41, 5.74) is 4.28. The first-order valence-electron chi connectivity index (χ1n) is 7.13. The maximum atomic E-state index is 11.8. The number of nitrogens with zero attached hydrogens (tertiary/aromatic N) is 1. The van der Waals surface area contributed by atoms with E-state index in [9.17, 15) is 20.0 Å². The molecule has 0 bridgehead atoms.